The highest BCUT2D eigenvalue weighted by molar-refractivity contribution is 5.75. The molecule has 1 aromatic heterocycles. The molecule has 0 bridgehead atoms. The Hall–Kier alpha value is -2.11. The largest absolute Gasteiger partial charge is 0.435 e. The molecule has 1 aliphatic carbocycles. The normalized spacial score (nSPS) is 14.8. The van der Waals surface area contributed by atoms with Crippen LogP contribution in [0, 0.1) is 0 Å². The second kappa shape index (κ2) is 5.02. The summed E-state index contributed by atoms with van der Waals surface area (Å²) >= 11 is 0. The fourth-order valence-corrected chi connectivity index (χ4v) is 2.73. The summed E-state index contributed by atoms with van der Waals surface area (Å²) in [6, 6.07) is 6.39. The molecule has 0 saturated heterocycles. The Morgan fingerprint density at radius 1 is 1.10 bits per heavy atom. The van der Waals surface area contributed by atoms with Crippen molar-refractivity contribution < 1.29 is 18.0 Å². The van der Waals surface area contributed by atoms with Gasteiger partial charge < -0.3 is 0 Å². The molecule has 3 rings (SSSR count). The maximum atomic E-state index is 13.1. The maximum absolute atomic E-state index is 13.1. The lowest BCUT2D eigenvalue weighted by Gasteiger charge is -2.14. The van der Waals surface area contributed by atoms with Crippen LogP contribution < -0.4 is 0 Å². The van der Waals surface area contributed by atoms with Crippen molar-refractivity contribution in [1.29, 1.82) is 0 Å². The second-order valence-electron chi connectivity index (χ2n) is 5.10. The number of carbonyl (C=O) groups excluding carboxylic acids is 1. The van der Waals surface area contributed by atoms with Gasteiger partial charge in [0, 0.05) is 16.8 Å². The van der Waals surface area contributed by atoms with Crippen LogP contribution in [-0.4, -0.2) is 16.1 Å². The molecule has 21 heavy (non-hydrogen) atoms. The van der Waals surface area contributed by atoms with E-state index >= 15 is 0 Å². The van der Waals surface area contributed by atoms with Gasteiger partial charge in [0.05, 0.1) is 5.69 Å². The molecule has 0 radical (unpaired) electrons. The standard InChI is InChI=1S/C15H13F3N2O/c16-15(17,18)14-12-3-1-2-4-13(12)20(19-14)11-7-5-10(9-21)6-8-11/h5-9H,1-4H2. The number of nitrogens with zero attached hydrogens (tertiary/aromatic N) is 2. The Bertz CT molecular complexity index is 671. The van der Waals surface area contributed by atoms with Crippen LogP contribution >= 0.6 is 0 Å². The number of hydrogen-bond donors (Lipinski definition) is 0. The molecule has 1 aromatic carbocycles. The van der Waals surface area contributed by atoms with E-state index in [1.807, 2.05) is 0 Å². The van der Waals surface area contributed by atoms with Crippen LogP contribution in [-0.2, 0) is 19.0 Å². The molecule has 0 unspecified atom stereocenters. The molecule has 0 N–H and O–H groups in total. The quantitative estimate of drug-likeness (QED) is 0.793. The number of fused-ring (bicyclic) bond motifs is 1. The molecule has 0 amide bonds. The van der Waals surface area contributed by atoms with Crippen LogP contribution in [0.15, 0.2) is 24.3 Å². The highest BCUT2D eigenvalue weighted by Crippen LogP contribution is 2.36. The lowest BCUT2D eigenvalue weighted by Crippen LogP contribution is -2.11. The number of aldehydes is 1. The number of alkyl halides is 3. The molecular formula is C15H13F3N2O. The number of carbonyl (C=O) groups is 1. The van der Waals surface area contributed by atoms with Crippen molar-refractivity contribution in [1.82, 2.24) is 9.78 Å². The van der Waals surface area contributed by atoms with Crippen molar-refractivity contribution in [3.05, 3.63) is 46.8 Å². The Morgan fingerprint density at radius 2 is 1.76 bits per heavy atom. The van der Waals surface area contributed by atoms with Crippen molar-refractivity contribution in [2.45, 2.75) is 31.9 Å². The van der Waals surface area contributed by atoms with E-state index in [9.17, 15) is 18.0 Å². The lowest BCUT2D eigenvalue weighted by atomic mass is 9.95. The van der Waals surface area contributed by atoms with Crippen molar-refractivity contribution in [3.63, 3.8) is 0 Å². The van der Waals surface area contributed by atoms with E-state index in [0.29, 0.717) is 41.6 Å². The van der Waals surface area contributed by atoms with Crippen molar-refractivity contribution in [2.24, 2.45) is 0 Å². The summed E-state index contributed by atoms with van der Waals surface area (Å²) in [5.41, 5.74) is 1.20. The van der Waals surface area contributed by atoms with Crippen LogP contribution in [0.3, 0.4) is 0 Å². The van der Waals surface area contributed by atoms with E-state index in [0.717, 1.165) is 12.8 Å². The molecule has 1 heterocycles. The van der Waals surface area contributed by atoms with Gasteiger partial charge >= 0.3 is 6.18 Å². The molecule has 2 aromatic rings. The Kier molecular flexibility index (Phi) is 3.31. The lowest BCUT2D eigenvalue weighted by molar-refractivity contribution is -0.142. The molecule has 6 heteroatoms. The van der Waals surface area contributed by atoms with E-state index in [-0.39, 0.29) is 0 Å². The van der Waals surface area contributed by atoms with E-state index in [1.54, 1.807) is 24.3 Å². The van der Waals surface area contributed by atoms with Gasteiger partial charge in [0.1, 0.15) is 6.29 Å². The number of rotatable bonds is 2. The van der Waals surface area contributed by atoms with Crippen molar-refractivity contribution in [3.8, 4) is 5.69 Å². The molecule has 0 atom stereocenters. The van der Waals surface area contributed by atoms with Crippen molar-refractivity contribution in [2.75, 3.05) is 0 Å². The Balaban J connectivity index is 2.13. The van der Waals surface area contributed by atoms with Crippen LogP contribution in [0.5, 0.6) is 0 Å². The van der Waals surface area contributed by atoms with E-state index in [2.05, 4.69) is 5.10 Å². The Morgan fingerprint density at radius 3 is 2.38 bits per heavy atom. The fraction of sp³-hybridized carbons (Fsp3) is 0.333. The minimum Gasteiger partial charge on any atom is -0.298 e. The minimum atomic E-state index is -4.44. The zero-order chi connectivity index (χ0) is 15.0. The number of benzene rings is 1. The van der Waals surface area contributed by atoms with E-state index in [1.165, 1.54) is 4.68 Å². The number of halogens is 3. The van der Waals surface area contributed by atoms with Gasteiger partial charge in [0.25, 0.3) is 0 Å². The van der Waals surface area contributed by atoms with Gasteiger partial charge in [-0.2, -0.15) is 18.3 Å². The van der Waals surface area contributed by atoms with E-state index < -0.39 is 11.9 Å². The molecule has 0 fully saturated rings. The SMILES string of the molecule is O=Cc1ccc(-n2nc(C(F)(F)F)c3c2CCCC3)cc1. The zero-order valence-electron chi connectivity index (χ0n) is 11.2. The third-order valence-electron chi connectivity index (χ3n) is 3.72. The number of hydrogen-bond acceptors (Lipinski definition) is 2. The fourth-order valence-electron chi connectivity index (χ4n) is 2.73. The van der Waals surface area contributed by atoms with Crippen LogP contribution in [0.2, 0.25) is 0 Å². The summed E-state index contributed by atoms with van der Waals surface area (Å²) in [4.78, 5) is 10.7. The minimum absolute atomic E-state index is 0.313. The molecule has 1 aliphatic rings. The Labute approximate surface area is 119 Å². The third kappa shape index (κ3) is 2.46. The maximum Gasteiger partial charge on any atom is 0.435 e. The summed E-state index contributed by atoms with van der Waals surface area (Å²) in [6.45, 7) is 0. The van der Waals surface area contributed by atoms with Gasteiger partial charge in [-0.05, 0) is 49.9 Å². The highest BCUT2D eigenvalue weighted by atomic mass is 19.4. The van der Waals surface area contributed by atoms with Gasteiger partial charge in [-0.3, -0.25) is 4.79 Å². The first-order chi connectivity index (χ1) is 10.0. The van der Waals surface area contributed by atoms with Crippen LogP contribution in [0.4, 0.5) is 13.2 Å². The molecular weight excluding hydrogens is 281 g/mol. The zero-order valence-corrected chi connectivity index (χ0v) is 11.2. The molecule has 110 valence electrons. The topological polar surface area (TPSA) is 34.9 Å². The van der Waals surface area contributed by atoms with Crippen LogP contribution in [0.1, 0.15) is 40.2 Å². The molecule has 0 aliphatic heterocycles. The molecule has 0 spiro atoms. The van der Waals surface area contributed by atoms with Crippen LogP contribution in [0.25, 0.3) is 5.69 Å². The summed E-state index contributed by atoms with van der Waals surface area (Å²) in [5, 5.41) is 3.79. The first-order valence-electron chi connectivity index (χ1n) is 6.74. The van der Waals surface area contributed by atoms with Crippen molar-refractivity contribution >= 4 is 6.29 Å². The average Bonchev–Trinajstić information content (AvgIpc) is 2.87. The first-order valence-corrected chi connectivity index (χ1v) is 6.74. The summed E-state index contributed by atoms with van der Waals surface area (Å²) < 4.78 is 40.7. The molecule has 0 saturated carbocycles. The van der Waals surface area contributed by atoms with Gasteiger partial charge in [-0.1, -0.05) is 0 Å². The van der Waals surface area contributed by atoms with Gasteiger partial charge in [-0.15, -0.1) is 0 Å². The van der Waals surface area contributed by atoms with E-state index in [4.69, 9.17) is 0 Å². The number of aromatic nitrogens is 2. The smallest absolute Gasteiger partial charge is 0.298 e. The highest BCUT2D eigenvalue weighted by Gasteiger charge is 2.39. The average molecular weight is 294 g/mol. The monoisotopic (exact) mass is 294 g/mol. The van der Waals surface area contributed by atoms with Gasteiger partial charge in [0.2, 0.25) is 0 Å². The summed E-state index contributed by atoms with van der Waals surface area (Å²) in [7, 11) is 0. The van der Waals surface area contributed by atoms with Gasteiger partial charge in [0.15, 0.2) is 5.69 Å². The summed E-state index contributed by atoms with van der Waals surface area (Å²) in [6.07, 6.45) is -1.11. The second-order valence-corrected chi connectivity index (χ2v) is 5.10. The molecule has 3 nitrogen and oxygen atoms in total. The summed E-state index contributed by atoms with van der Waals surface area (Å²) in [5.74, 6) is 0. The predicted molar refractivity (Wildman–Crippen MR) is 70.6 cm³/mol. The third-order valence-corrected chi connectivity index (χ3v) is 3.72. The first kappa shape index (κ1) is 13.9. The predicted octanol–water partition coefficient (Wildman–Crippen LogP) is 3.58. The van der Waals surface area contributed by atoms with Gasteiger partial charge in [-0.25, -0.2) is 4.68 Å².